The number of halogens is 6. The van der Waals surface area contributed by atoms with Crippen molar-refractivity contribution in [2.45, 2.75) is 31.5 Å². The summed E-state index contributed by atoms with van der Waals surface area (Å²) in [6.45, 7) is 1.48. The maximum Gasteiger partial charge on any atom is 0.435 e. The van der Waals surface area contributed by atoms with Crippen LogP contribution in [0.2, 0.25) is 5.02 Å². The van der Waals surface area contributed by atoms with Crippen molar-refractivity contribution in [1.29, 1.82) is 0 Å². The third-order valence-corrected chi connectivity index (χ3v) is 5.93. The predicted octanol–water partition coefficient (Wildman–Crippen LogP) is 4.79. The molecule has 2 aromatic heterocycles. The molecule has 0 bridgehead atoms. The van der Waals surface area contributed by atoms with E-state index in [1.165, 1.54) is 26.1 Å². The molecule has 0 aliphatic heterocycles. The molecular formula is C20H15ClF5N5O3. The van der Waals surface area contributed by atoms with E-state index in [1.807, 2.05) is 0 Å². The van der Waals surface area contributed by atoms with Crippen molar-refractivity contribution >= 4 is 29.2 Å². The second-order valence-corrected chi connectivity index (χ2v) is 8.11. The van der Waals surface area contributed by atoms with Crippen LogP contribution in [0.4, 0.5) is 27.6 Å². The van der Waals surface area contributed by atoms with Gasteiger partial charge in [0.15, 0.2) is 11.5 Å². The first-order valence-corrected chi connectivity index (χ1v) is 10.00. The molecular weight excluding hydrogens is 489 g/mol. The summed E-state index contributed by atoms with van der Waals surface area (Å²) in [5, 5.41) is 14.8. The predicted molar refractivity (Wildman–Crippen MR) is 109 cm³/mol. The Balaban J connectivity index is 1.67. The van der Waals surface area contributed by atoms with Gasteiger partial charge in [0.05, 0.1) is 28.0 Å². The van der Waals surface area contributed by atoms with Crippen molar-refractivity contribution in [3.63, 3.8) is 0 Å². The van der Waals surface area contributed by atoms with E-state index in [1.54, 1.807) is 0 Å². The van der Waals surface area contributed by atoms with Crippen LogP contribution < -0.4 is 5.32 Å². The number of nitrogens with one attached hydrogen (secondary N) is 1. The maximum atomic E-state index is 13.6. The number of aromatic nitrogens is 4. The zero-order valence-corrected chi connectivity index (χ0v) is 18.2. The third-order valence-electron chi connectivity index (χ3n) is 5.44. The van der Waals surface area contributed by atoms with Gasteiger partial charge in [0.1, 0.15) is 6.04 Å². The number of aromatic carboxylic acids is 1. The van der Waals surface area contributed by atoms with Gasteiger partial charge in [0, 0.05) is 25.4 Å². The number of imidazole rings is 1. The van der Waals surface area contributed by atoms with Gasteiger partial charge < -0.3 is 15.0 Å². The molecule has 1 unspecified atom stereocenters. The molecule has 1 aliphatic carbocycles. The SMILES string of the molecule is Cc1c(NC(=O)c2ncc(-c3cn(C4CC4(F)F)nc3C(F)(F)F)n2C)ccc(C(=O)O)c1Cl. The first-order valence-electron chi connectivity index (χ1n) is 9.62. The number of carbonyl (C=O) groups is 2. The fourth-order valence-electron chi connectivity index (χ4n) is 3.47. The number of alkyl halides is 5. The number of carboxylic acid groups (broad SMARTS) is 1. The number of carbonyl (C=O) groups excluding carboxylic acids is 1. The van der Waals surface area contributed by atoms with E-state index in [0.29, 0.717) is 4.68 Å². The number of hydrogen-bond donors (Lipinski definition) is 2. The highest BCUT2D eigenvalue weighted by molar-refractivity contribution is 6.34. The molecule has 0 radical (unpaired) electrons. The Hall–Kier alpha value is -3.48. The number of amides is 1. The Bertz CT molecular complexity index is 1330. The quantitative estimate of drug-likeness (QED) is 0.487. The van der Waals surface area contributed by atoms with Gasteiger partial charge in [-0.1, -0.05) is 11.6 Å². The van der Waals surface area contributed by atoms with E-state index in [2.05, 4.69) is 15.4 Å². The first kappa shape index (κ1) is 23.7. The largest absolute Gasteiger partial charge is 0.478 e. The van der Waals surface area contributed by atoms with Crippen LogP contribution in [0, 0.1) is 6.92 Å². The lowest BCUT2D eigenvalue weighted by Crippen LogP contribution is -2.18. The van der Waals surface area contributed by atoms with Crippen LogP contribution in [0.25, 0.3) is 11.3 Å². The lowest BCUT2D eigenvalue weighted by Gasteiger charge is -2.12. The van der Waals surface area contributed by atoms with E-state index in [-0.39, 0.29) is 33.4 Å². The maximum absolute atomic E-state index is 13.6. The molecule has 180 valence electrons. The van der Waals surface area contributed by atoms with Crippen LogP contribution in [0.15, 0.2) is 24.5 Å². The molecule has 34 heavy (non-hydrogen) atoms. The van der Waals surface area contributed by atoms with Crippen LogP contribution in [0.1, 0.15) is 44.7 Å². The summed E-state index contributed by atoms with van der Waals surface area (Å²) < 4.78 is 69.1. The van der Waals surface area contributed by atoms with Crippen molar-refractivity contribution < 1.29 is 36.6 Å². The molecule has 1 fully saturated rings. The van der Waals surface area contributed by atoms with Gasteiger partial charge in [0.25, 0.3) is 11.8 Å². The summed E-state index contributed by atoms with van der Waals surface area (Å²) >= 11 is 6.03. The Morgan fingerprint density at radius 1 is 1.29 bits per heavy atom. The Morgan fingerprint density at radius 2 is 1.94 bits per heavy atom. The highest BCUT2D eigenvalue weighted by Gasteiger charge is 2.59. The lowest BCUT2D eigenvalue weighted by molar-refractivity contribution is -0.141. The molecule has 1 aromatic carbocycles. The molecule has 14 heteroatoms. The average molecular weight is 504 g/mol. The number of nitrogens with zero attached hydrogens (tertiary/aromatic N) is 4. The molecule has 0 spiro atoms. The molecule has 1 aliphatic rings. The highest BCUT2D eigenvalue weighted by atomic mass is 35.5. The normalized spacial score (nSPS) is 17.0. The van der Waals surface area contributed by atoms with Crippen molar-refractivity contribution in [3.05, 3.63) is 52.2 Å². The van der Waals surface area contributed by atoms with Gasteiger partial charge >= 0.3 is 12.1 Å². The van der Waals surface area contributed by atoms with Crippen molar-refractivity contribution in [2.24, 2.45) is 7.05 Å². The van der Waals surface area contributed by atoms with Crippen molar-refractivity contribution in [1.82, 2.24) is 19.3 Å². The van der Waals surface area contributed by atoms with Gasteiger partial charge in [-0.25, -0.2) is 18.6 Å². The van der Waals surface area contributed by atoms with Gasteiger partial charge in [-0.05, 0) is 24.6 Å². The van der Waals surface area contributed by atoms with Crippen LogP contribution in [-0.4, -0.2) is 42.2 Å². The van der Waals surface area contributed by atoms with Gasteiger partial charge in [0.2, 0.25) is 0 Å². The molecule has 1 amide bonds. The van der Waals surface area contributed by atoms with Crippen LogP contribution >= 0.6 is 11.6 Å². The fraction of sp³-hybridized carbons (Fsp3) is 0.300. The molecule has 1 saturated carbocycles. The topological polar surface area (TPSA) is 102 Å². The lowest BCUT2D eigenvalue weighted by atomic mass is 10.1. The number of carboxylic acids is 1. The smallest absolute Gasteiger partial charge is 0.435 e. The minimum Gasteiger partial charge on any atom is -0.478 e. The third kappa shape index (κ3) is 4.00. The molecule has 4 rings (SSSR count). The number of rotatable bonds is 5. The van der Waals surface area contributed by atoms with E-state index < -0.39 is 47.7 Å². The molecule has 1 atom stereocenters. The zero-order chi connectivity index (χ0) is 25.2. The van der Waals surface area contributed by atoms with Gasteiger partial charge in [-0.3, -0.25) is 9.48 Å². The van der Waals surface area contributed by atoms with Crippen LogP contribution in [0.5, 0.6) is 0 Å². The summed E-state index contributed by atoms with van der Waals surface area (Å²) in [7, 11) is 1.29. The highest BCUT2D eigenvalue weighted by Crippen LogP contribution is 2.53. The molecule has 3 aromatic rings. The average Bonchev–Trinajstić information content (AvgIpc) is 3.06. The molecule has 0 saturated heterocycles. The standard InChI is InChI=1S/C20H15ClF5N5O3/c1-8-11(4-3-9(14(8)21)18(33)34)28-17(32)16-27-6-12(30(16)2)10-7-31(13-5-19(13,22)23)29-15(10)20(24,25)26/h3-4,6-7,13H,5H2,1-2H3,(H,28,32)(H,33,34). The second kappa shape index (κ2) is 7.79. The zero-order valence-electron chi connectivity index (χ0n) is 17.4. The Labute approximate surface area is 193 Å². The summed E-state index contributed by atoms with van der Waals surface area (Å²) in [6.07, 6.45) is -3.68. The van der Waals surface area contributed by atoms with Crippen LogP contribution in [0.3, 0.4) is 0 Å². The first-order chi connectivity index (χ1) is 15.7. The van der Waals surface area contributed by atoms with E-state index in [0.717, 1.165) is 17.0 Å². The number of anilines is 1. The van der Waals surface area contributed by atoms with Gasteiger partial charge in [-0.2, -0.15) is 18.3 Å². The van der Waals surface area contributed by atoms with E-state index in [4.69, 9.17) is 16.7 Å². The molecule has 8 nitrogen and oxygen atoms in total. The number of benzene rings is 1. The molecule has 2 heterocycles. The second-order valence-electron chi connectivity index (χ2n) is 7.74. The summed E-state index contributed by atoms with van der Waals surface area (Å²) in [5.74, 6) is -5.50. The van der Waals surface area contributed by atoms with Crippen molar-refractivity contribution in [3.8, 4) is 11.3 Å². The minimum absolute atomic E-state index is 0.0926. The summed E-state index contributed by atoms with van der Waals surface area (Å²) in [6, 6.07) is 1.03. The van der Waals surface area contributed by atoms with Gasteiger partial charge in [-0.15, -0.1) is 0 Å². The Morgan fingerprint density at radius 3 is 2.50 bits per heavy atom. The minimum atomic E-state index is -4.93. The van der Waals surface area contributed by atoms with Crippen LogP contribution in [-0.2, 0) is 13.2 Å². The monoisotopic (exact) mass is 503 g/mol. The van der Waals surface area contributed by atoms with E-state index >= 15 is 0 Å². The number of hydrogen-bond acceptors (Lipinski definition) is 4. The summed E-state index contributed by atoms with van der Waals surface area (Å²) in [5.41, 5.74) is -1.79. The summed E-state index contributed by atoms with van der Waals surface area (Å²) in [4.78, 5) is 27.8. The Kier molecular flexibility index (Phi) is 5.42. The van der Waals surface area contributed by atoms with Crippen molar-refractivity contribution in [2.75, 3.05) is 5.32 Å². The molecule has 2 N–H and O–H groups in total. The van der Waals surface area contributed by atoms with E-state index in [9.17, 15) is 31.5 Å². The fourth-order valence-corrected chi connectivity index (χ4v) is 3.71.